The van der Waals surface area contributed by atoms with E-state index in [-0.39, 0.29) is 12.1 Å². The summed E-state index contributed by atoms with van der Waals surface area (Å²) in [6.45, 7) is 4.95. The first-order valence-corrected chi connectivity index (χ1v) is 4.57. The molecule has 0 aromatic carbocycles. The standard InChI is InChI=1S/C10H17NO2/c1-3-10(2,8-12)11-6-9-4-5-13-7-9/h4-5,7,11-12H,3,6,8H2,1-2H3. The van der Waals surface area contributed by atoms with Crippen LogP contribution in [0.4, 0.5) is 0 Å². The highest BCUT2D eigenvalue weighted by molar-refractivity contribution is 5.05. The monoisotopic (exact) mass is 183 g/mol. The molecule has 0 aliphatic carbocycles. The summed E-state index contributed by atoms with van der Waals surface area (Å²) in [6, 6.07) is 1.92. The minimum Gasteiger partial charge on any atom is -0.472 e. The fourth-order valence-electron chi connectivity index (χ4n) is 1.00. The number of aliphatic hydroxyl groups is 1. The van der Waals surface area contributed by atoms with Gasteiger partial charge >= 0.3 is 0 Å². The van der Waals surface area contributed by atoms with Gasteiger partial charge < -0.3 is 14.8 Å². The molecule has 0 saturated heterocycles. The summed E-state index contributed by atoms with van der Waals surface area (Å²) in [6.07, 6.45) is 4.26. The van der Waals surface area contributed by atoms with E-state index in [9.17, 15) is 0 Å². The molecule has 1 aromatic rings. The van der Waals surface area contributed by atoms with E-state index < -0.39 is 0 Å². The molecule has 0 spiro atoms. The zero-order valence-electron chi connectivity index (χ0n) is 8.21. The van der Waals surface area contributed by atoms with E-state index in [2.05, 4.69) is 12.2 Å². The Hall–Kier alpha value is -0.800. The topological polar surface area (TPSA) is 45.4 Å². The molecular formula is C10H17NO2. The second-order valence-corrected chi connectivity index (χ2v) is 3.56. The molecule has 1 heterocycles. The fraction of sp³-hybridized carbons (Fsp3) is 0.600. The predicted molar refractivity (Wildman–Crippen MR) is 51.3 cm³/mol. The van der Waals surface area contributed by atoms with Gasteiger partial charge in [-0.2, -0.15) is 0 Å². The maximum absolute atomic E-state index is 9.13. The van der Waals surface area contributed by atoms with Crippen LogP contribution < -0.4 is 5.32 Å². The van der Waals surface area contributed by atoms with E-state index in [1.807, 2.05) is 13.0 Å². The van der Waals surface area contributed by atoms with Crippen LogP contribution in [0.5, 0.6) is 0 Å². The van der Waals surface area contributed by atoms with Crippen molar-refractivity contribution in [1.29, 1.82) is 0 Å². The number of hydrogen-bond donors (Lipinski definition) is 2. The Kier molecular flexibility index (Phi) is 3.51. The van der Waals surface area contributed by atoms with Crippen molar-refractivity contribution in [2.45, 2.75) is 32.4 Å². The van der Waals surface area contributed by atoms with E-state index in [0.29, 0.717) is 0 Å². The zero-order chi connectivity index (χ0) is 9.73. The molecule has 0 aliphatic heterocycles. The summed E-state index contributed by atoms with van der Waals surface area (Å²) in [4.78, 5) is 0. The summed E-state index contributed by atoms with van der Waals surface area (Å²) in [5.41, 5.74) is 0.921. The van der Waals surface area contributed by atoms with Crippen LogP contribution in [0.1, 0.15) is 25.8 Å². The predicted octanol–water partition coefficient (Wildman–Crippen LogP) is 1.53. The number of nitrogens with one attached hydrogen (secondary N) is 1. The van der Waals surface area contributed by atoms with E-state index >= 15 is 0 Å². The molecule has 2 N–H and O–H groups in total. The second-order valence-electron chi connectivity index (χ2n) is 3.56. The Morgan fingerprint density at radius 3 is 2.85 bits per heavy atom. The van der Waals surface area contributed by atoms with Crippen LogP contribution in [-0.2, 0) is 6.54 Å². The van der Waals surface area contributed by atoms with Gasteiger partial charge in [-0.25, -0.2) is 0 Å². The molecule has 0 amide bonds. The molecule has 0 fully saturated rings. The van der Waals surface area contributed by atoms with Crippen molar-refractivity contribution in [3.05, 3.63) is 24.2 Å². The third kappa shape index (κ3) is 2.86. The molecule has 3 nitrogen and oxygen atoms in total. The number of hydrogen-bond acceptors (Lipinski definition) is 3. The smallest absolute Gasteiger partial charge is 0.0947 e. The molecule has 74 valence electrons. The lowest BCUT2D eigenvalue weighted by molar-refractivity contribution is 0.169. The third-order valence-electron chi connectivity index (χ3n) is 2.43. The van der Waals surface area contributed by atoms with Crippen LogP contribution in [0, 0.1) is 0 Å². The van der Waals surface area contributed by atoms with Gasteiger partial charge in [0.2, 0.25) is 0 Å². The summed E-state index contributed by atoms with van der Waals surface area (Å²) in [5, 5.41) is 12.4. The lowest BCUT2D eigenvalue weighted by Crippen LogP contribution is -2.44. The van der Waals surface area contributed by atoms with Crippen LogP contribution in [0.15, 0.2) is 23.0 Å². The first kappa shape index (κ1) is 10.3. The van der Waals surface area contributed by atoms with Crippen molar-refractivity contribution < 1.29 is 9.52 Å². The molecule has 13 heavy (non-hydrogen) atoms. The van der Waals surface area contributed by atoms with Crippen LogP contribution >= 0.6 is 0 Å². The van der Waals surface area contributed by atoms with Gasteiger partial charge in [-0.3, -0.25) is 0 Å². The van der Waals surface area contributed by atoms with Gasteiger partial charge in [-0.05, 0) is 19.4 Å². The van der Waals surface area contributed by atoms with Gasteiger partial charge in [-0.15, -0.1) is 0 Å². The molecule has 3 heteroatoms. The van der Waals surface area contributed by atoms with Crippen molar-refractivity contribution in [3.8, 4) is 0 Å². The summed E-state index contributed by atoms with van der Waals surface area (Å²) < 4.78 is 4.94. The highest BCUT2D eigenvalue weighted by Crippen LogP contribution is 2.09. The van der Waals surface area contributed by atoms with E-state index in [4.69, 9.17) is 9.52 Å². The number of rotatable bonds is 5. The molecule has 0 radical (unpaired) electrons. The molecule has 1 aromatic heterocycles. The van der Waals surface area contributed by atoms with Crippen molar-refractivity contribution in [3.63, 3.8) is 0 Å². The van der Waals surface area contributed by atoms with Gasteiger partial charge in [0, 0.05) is 17.6 Å². The average Bonchev–Trinajstić information content (AvgIpc) is 2.67. The van der Waals surface area contributed by atoms with Gasteiger partial charge in [0.05, 0.1) is 19.1 Å². The van der Waals surface area contributed by atoms with Gasteiger partial charge in [0.1, 0.15) is 0 Å². The minimum absolute atomic E-state index is 0.154. The molecule has 1 unspecified atom stereocenters. The summed E-state index contributed by atoms with van der Waals surface area (Å²) in [7, 11) is 0. The molecular weight excluding hydrogens is 166 g/mol. The average molecular weight is 183 g/mol. The van der Waals surface area contributed by atoms with Gasteiger partial charge in [0.15, 0.2) is 0 Å². The largest absolute Gasteiger partial charge is 0.472 e. The minimum atomic E-state index is -0.183. The summed E-state index contributed by atoms with van der Waals surface area (Å²) >= 11 is 0. The van der Waals surface area contributed by atoms with Crippen LogP contribution in [0.3, 0.4) is 0 Å². The highest BCUT2D eigenvalue weighted by atomic mass is 16.3. The first-order valence-electron chi connectivity index (χ1n) is 4.57. The third-order valence-corrected chi connectivity index (χ3v) is 2.43. The lowest BCUT2D eigenvalue weighted by Gasteiger charge is -2.26. The maximum Gasteiger partial charge on any atom is 0.0947 e. The Bertz CT molecular complexity index is 227. The zero-order valence-corrected chi connectivity index (χ0v) is 8.21. The van der Waals surface area contributed by atoms with Crippen molar-refractivity contribution in [1.82, 2.24) is 5.32 Å². The Morgan fingerprint density at radius 2 is 2.38 bits per heavy atom. The molecule has 1 atom stereocenters. The second kappa shape index (κ2) is 4.44. The van der Waals surface area contributed by atoms with Crippen LogP contribution in [0.25, 0.3) is 0 Å². The molecule has 1 rings (SSSR count). The van der Waals surface area contributed by atoms with Crippen LogP contribution in [-0.4, -0.2) is 17.3 Å². The molecule has 0 bridgehead atoms. The number of furan rings is 1. The molecule has 0 saturated carbocycles. The molecule has 0 aliphatic rings. The Labute approximate surface area is 78.8 Å². The lowest BCUT2D eigenvalue weighted by atomic mass is 10.0. The normalized spacial score (nSPS) is 15.6. The van der Waals surface area contributed by atoms with Gasteiger partial charge in [0.25, 0.3) is 0 Å². The quantitative estimate of drug-likeness (QED) is 0.727. The van der Waals surface area contributed by atoms with E-state index in [1.54, 1.807) is 12.5 Å². The van der Waals surface area contributed by atoms with Crippen molar-refractivity contribution in [2.24, 2.45) is 0 Å². The Balaban J connectivity index is 2.41. The SMILES string of the molecule is CCC(C)(CO)NCc1ccoc1. The van der Waals surface area contributed by atoms with Crippen molar-refractivity contribution in [2.75, 3.05) is 6.61 Å². The fourth-order valence-corrected chi connectivity index (χ4v) is 1.00. The highest BCUT2D eigenvalue weighted by Gasteiger charge is 2.19. The first-order chi connectivity index (χ1) is 6.20. The van der Waals surface area contributed by atoms with E-state index in [0.717, 1.165) is 18.5 Å². The number of aliphatic hydroxyl groups excluding tert-OH is 1. The van der Waals surface area contributed by atoms with Crippen LogP contribution in [0.2, 0.25) is 0 Å². The van der Waals surface area contributed by atoms with Gasteiger partial charge in [-0.1, -0.05) is 6.92 Å². The van der Waals surface area contributed by atoms with E-state index in [1.165, 1.54) is 0 Å². The van der Waals surface area contributed by atoms with Crippen molar-refractivity contribution >= 4 is 0 Å². The summed E-state index contributed by atoms with van der Waals surface area (Å²) in [5.74, 6) is 0. The maximum atomic E-state index is 9.13. The Morgan fingerprint density at radius 1 is 1.62 bits per heavy atom.